The lowest BCUT2D eigenvalue weighted by Gasteiger charge is -2.17. The molecule has 0 heterocycles. The zero-order chi connectivity index (χ0) is 21.3. The van der Waals surface area contributed by atoms with Gasteiger partial charge in [0.15, 0.2) is 0 Å². The van der Waals surface area contributed by atoms with Crippen molar-refractivity contribution in [3.05, 3.63) is 101 Å². The highest BCUT2D eigenvalue weighted by molar-refractivity contribution is 5.91. The largest absolute Gasteiger partial charge is 0.507 e. The van der Waals surface area contributed by atoms with Crippen molar-refractivity contribution in [3.63, 3.8) is 0 Å². The normalized spacial score (nSPS) is 10.9. The van der Waals surface area contributed by atoms with Crippen molar-refractivity contribution in [1.82, 2.24) is 10.7 Å². The first-order valence-corrected chi connectivity index (χ1v) is 9.53. The number of nitrogens with one attached hydrogen (secondary N) is 2. The average molecular weight is 401 g/mol. The predicted molar refractivity (Wildman–Crippen MR) is 116 cm³/mol. The fraction of sp³-hybridized carbons (Fsp3) is 0.125. The first kappa shape index (κ1) is 20.8. The van der Waals surface area contributed by atoms with E-state index in [2.05, 4.69) is 15.8 Å². The maximum Gasteiger partial charge on any atom is 0.259 e. The van der Waals surface area contributed by atoms with Crippen LogP contribution < -0.4 is 10.7 Å². The van der Waals surface area contributed by atoms with Crippen molar-refractivity contribution in [1.29, 1.82) is 0 Å². The minimum Gasteiger partial charge on any atom is -0.507 e. The van der Waals surface area contributed by atoms with Gasteiger partial charge in [-0.1, -0.05) is 66.7 Å². The van der Waals surface area contributed by atoms with Crippen LogP contribution in [-0.4, -0.2) is 29.7 Å². The van der Waals surface area contributed by atoms with Gasteiger partial charge >= 0.3 is 0 Å². The molecule has 0 aliphatic rings. The van der Waals surface area contributed by atoms with Gasteiger partial charge in [-0.05, 0) is 35.7 Å². The molecule has 0 spiro atoms. The number of phenols is 1. The van der Waals surface area contributed by atoms with E-state index in [-0.39, 0.29) is 18.2 Å². The van der Waals surface area contributed by atoms with Crippen LogP contribution in [0.5, 0.6) is 5.75 Å². The molecule has 30 heavy (non-hydrogen) atoms. The van der Waals surface area contributed by atoms with Crippen LogP contribution in [0, 0.1) is 6.92 Å². The number of phenolic OH excluding ortho intramolecular Hbond substituents is 1. The van der Waals surface area contributed by atoms with Crippen molar-refractivity contribution < 1.29 is 14.7 Å². The lowest BCUT2D eigenvalue weighted by atomic mass is 9.90. The van der Waals surface area contributed by atoms with Crippen molar-refractivity contribution >= 4 is 18.0 Å². The number of amides is 2. The number of hydrogen-bond acceptors (Lipinski definition) is 4. The maximum absolute atomic E-state index is 12.9. The Kier molecular flexibility index (Phi) is 6.95. The molecule has 0 aromatic heterocycles. The van der Waals surface area contributed by atoms with Gasteiger partial charge in [-0.25, -0.2) is 5.43 Å². The van der Waals surface area contributed by atoms with E-state index >= 15 is 0 Å². The fourth-order valence-electron chi connectivity index (χ4n) is 3.03. The minimum atomic E-state index is -0.520. The number of hydrazone groups is 1. The van der Waals surface area contributed by atoms with E-state index in [0.717, 1.165) is 16.7 Å². The van der Waals surface area contributed by atoms with E-state index in [1.807, 2.05) is 73.7 Å². The third kappa shape index (κ3) is 5.54. The molecule has 3 aromatic carbocycles. The Morgan fingerprint density at radius 1 is 0.967 bits per heavy atom. The van der Waals surface area contributed by atoms with Gasteiger partial charge in [0.25, 0.3) is 5.91 Å². The Balaban J connectivity index is 1.61. The smallest absolute Gasteiger partial charge is 0.259 e. The number of benzene rings is 3. The van der Waals surface area contributed by atoms with Crippen LogP contribution in [0.3, 0.4) is 0 Å². The van der Waals surface area contributed by atoms with Gasteiger partial charge in [0.05, 0.1) is 18.7 Å². The third-order valence-corrected chi connectivity index (χ3v) is 4.53. The molecule has 0 radical (unpaired) electrons. The van der Waals surface area contributed by atoms with E-state index in [0.29, 0.717) is 5.56 Å². The molecule has 0 saturated carbocycles. The molecule has 0 bridgehead atoms. The number of nitrogens with zero attached hydrogens (tertiary/aromatic N) is 1. The summed E-state index contributed by atoms with van der Waals surface area (Å²) in [5.74, 6) is -1.18. The average Bonchev–Trinajstić information content (AvgIpc) is 2.75. The van der Waals surface area contributed by atoms with E-state index in [9.17, 15) is 14.7 Å². The van der Waals surface area contributed by atoms with Crippen LogP contribution in [0.1, 0.15) is 28.2 Å². The first-order chi connectivity index (χ1) is 14.5. The highest BCUT2D eigenvalue weighted by atomic mass is 16.3. The standard InChI is InChI=1S/C24H23N3O3/c1-17-12-13-20(21(28)14-17)15-26-27-22(29)16-25-24(30)23(18-8-4-2-5-9-18)19-10-6-3-7-11-19/h2-15,23,28H,16H2,1H3,(H,25,30)(H,27,29)/b26-15+. The Bertz CT molecular complexity index is 995. The Labute approximate surface area is 175 Å². The van der Waals surface area contributed by atoms with Gasteiger partial charge in [0.1, 0.15) is 5.75 Å². The van der Waals surface area contributed by atoms with Crippen molar-refractivity contribution in [2.45, 2.75) is 12.8 Å². The fourth-order valence-corrected chi connectivity index (χ4v) is 3.03. The van der Waals surface area contributed by atoms with Gasteiger partial charge < -0.3 is 10.4 Å². The second kappa shape index (κ2) is 10.0. The van der Waals surface area contributed by atoms with Gasteiger partial charge in [-0.3, -0.25) is 9.59 Å². The molecule has 0 saturated heterocycles. The molecular weight excluding hydrogens is 378 g/mol. The summed E-state index contributed by atoms with van der Waals surface area (Å²) in [5, 5.41) is 16.4. The molecule has 0 aliphatic heterocycles. The summed E-state index contributed by atoms with van der Waals surface area (Å²) in [5.41, 5.74) is 5.44. The van der Waals surface area contributed by atoms with Crippen LogP contribution >= 0.6 is 0 Å². The second-order valence-corrected chi connectivity index (χ2v) is 6.83. The quantitative estimate of drug-likeness (QED) is 0.420. The van der Waals surface area contributed by atoms with E-state index in [1.54, 1.807) is 12.1 Å². The summed E-state index contributed by atoms with van der Waals surface area (Å²) in [6.45, 7) is 1.65. The first-order valence-electron chi connectivity index (χ1n) is 9.53. The number of hydrogen-bond donors (Lipinski definition) is 3. The molecule has 6 nitrogen and oxygen atoms in total. The number of aryl methyl sites for hydroxylation is 1. The summed E-state index contributed by atoms with van der Waals surface area (Å²) >= 11 is 0. The Hall–Kier alpha value is -3.93. The lowest BCUT2D eigenvalue weighted by molar-refractivity contribution is -0.126. The summed E-state index contributed by atoms with van der Waals surface area (Å²) in [4.78, 5) is 24.9. The molecule has 3 N–H and O–H groups in total. The zero-order valence-corrected chi connectivity index (χ0v) is 16.6. The number of rotatable bonds is 7. The Morgan fingerprint density at radius 2 is 1.57 bits per heavy atom. The van der Waals surface area contributed by atoms with Gasteiger partial charge in [0, 0.05) is 5.56 Å². The van der Waals surface area contributed by atoms with Crippen molar-refractivity contribution in [2.75, 3.05) is 6.54 Å². The lowest BCUT2D eigenvalue weighted by Crippen LogP contribution is -2.37. The third-order valence-electron chi connectivity index (χ3n) is 4.53. The molecule has 0 aliphatic carbocycles. The number of carbonyl (C=O) groups is 2. The van der Waals surface area contributed by atoms with Crippen LogP contribution in [-0.2, 0) is 9.59 Å². The molecule has 0 atom stereocenters. The Morgan fingerprint density at radius 3 is 2.13 bits per heavy atom. The minimum absolute atomic E-state index is 0.0786. The SMILES string of the molecule is Cc1ccc(/C=N/NC(=O)CNC(=O)C(c2ccccc2)c2ccccc2)c(O)c1. The van der Waals surface area contributed by atoms with Crippen molar-refractivity contribution in [3.8, 4) is 5.75 Å². The summed E-state index contributed by atoms with van der Waals surface area (Å²) in [6, 6.07) is 24.0. The molecule has 3 aromatic rings. The molecule has 152 valence electrons. The molecular formula is C24H23N3O3. The second-order valence-electron chi connectivity index (χ2n) is 6.83. The van der Waals surface area contributed by atoms with Gasteiger partial charge in [-0.2, -0.15) is 5.10 Å². The van der Waals surface area contributed by atoms with Crippen LogP contribution in [0.2, 0.25) is 0 Å². The number of aromatic hydroxyl groups is 1. The summed E-state index contributed by atoms with van der Waals surface area (Å²) < 4.78 is 0. The topological polar surface area (TPSA) is 90.8 Å². The van der Waals surface area contributed by atoms with Crippen LogP contribution in [0.15, 0.2) is 84.0 Å². The maximum atomic E-state index is 12.9. The van der Waals surface area contributed by atoms with E-state index < -0.39 is 11.8 Å². The van der Waals surface area contributed by atoms with E-state index in [4.69, 9.17) is 0 Å². The highest BCUT2D eigenvalue weighted by Crippen LogP contribution is 2.24. The molecule has 3 rings (SSSR count). The van der Waals surface area contributed by atoms with Crippen LogP contribution in [0.25, 0.3) is 0 Å². The summed E-state index contributed by atoms with van der Waals surface area (Å²) in [6.07, 6.45) is 1.35. The van der Waals surface area contributed by atoms with Gasteiger partial charge in [-0.15, -0.1) is 0 Å². The van der Waals surface area contributed by atoms with Crippen LogP contribution in [0.4, 0.5) is 0 Å². The molecule has 2 amide bonds. The predicted octanol–water partition coefficient (Wildman–Crippen LogP) is 3.10. The monoisotopic (exact) mass is 401 g/mol. The molecule has 0 unspecified atom stereocenters. The highest BCUT2D eigenvalue weighted by Gasteiger charge is 2.22. The molecule has 6 heteroatoms. The number of carbonyl (C=O) groups excluding carboxylic acids is 2. The zero-order valence-electron chi connectivity index (χ0n) is 16.6. The molecule has 0 fully saturated rings. The summed E-state index contributed by atoms with van der Waals surface area (Å²) in [7, 11) is 0. The van der Waals surface area contributed by atoms with Crippen molar-refractivity contribution in [2.24, 2.45) is 5.10 Å². The van der Waals surface area contributed by atoms with Gasteiger partial charge in [0.2, 0.25) is 5.91 Å². The van der Waals surface area contributed by atoms with E-state index in [1.165, 1.54) is 6.21 Å².